The Morgan fingerprint density at radius 3 is 2.29 bits per heavy atom. The number of hydrogen-bond donors (Lipinski definition) is 1. The largest absolute Gasteiger partial charge is 0.357 e. The Kier molecular flexibility index (Phi) is 12.7. The van der Waals surface area contributed by atoms with Gasteiger partial charge in [0.2, 0.25) is 0 Å². The zero-order valence-corrected chi connectivity index (χ0v) is 20.6. The SMILES string of the molecule is CCNC(=NCCCCN1CCN(CC)CC1)N(C)Cc1ccc(C)cc1.I. The number of likely N-dealkylation sites (N-methyl/N-ethyl adjacent to an activating group) is 1. The highest BCUT2D eigenvalue weighted by Gasteiger charge is 2.14. The molecule has 1 aliphatic rings. The third-order valence-corrected chi connectivity index (χ3v) is 5.29. The van der Waals surface area contributed by atoms with Crippen molar-refractivity contribution >= 4 is 29.9 Å². The lowest BCUT2D eigenvalue weighted by molar-refractivity contribution is 0.136. The Labute approximate surface area is 189 Å². The molecule has 0 aliphatic carbocycles. The van der Waals surface area contributed by atoms with Gasteiger partial charge in [0.25, 0.3) is 0 Å². The maximum Gasteiger partial charge on any atom is 0.193 e. The summed E-state index contributed by atoms with van der Waals surface area (Å²) in [5.74, 6) is 1.01. The van der Waals surface area contributed by atoms with Crippen LogP contribution in [0.5, 0.6) is 0 Å². The Hall–Kier alpha value is -0.860. The monoisotopic (exact) mass is 501 g/mol. The van der Waals surface area contributed by atoms with E-state index in [9.17, 15) is 0 Å². The van der Waals surface area contributed by atoms with Crippen molar-refractivity contribution in [2.75, 3.05) is 59.4 Å². The van der Waals surface area contributed by atoms with Crippen LogP contribution in [0.3, 0.4) is 0 Å². The quantitative estimate of drug-likeness (QED) is 0.244. The molecule has 0 saturated carbocycles. The second kappa shape index (κ2) is 14.2. The molecule has 1 N–H and O–H groups in total. The molecule has 0 aromatic heterocycles. The van der Waals surface area contributed by atoms with Gasteiger partial charge in [-0.05, 0) is 45.3 Å². The van der Waals surface area contributed by atoms with Crippen LogP contribution in [0.1, 0.15) is 37.8 Å². The van der Waals surface area contributed by atoms with Crippen molar-refractivity contribution in [3.05, 3.63) is 35.4 Å². The van der Waals surface area contributed by atoms with Gasteiger partial charge in [0.05, 0.1) is 0 Å². The highest BCUT2D eigenvalue weighted by atomic mass is 127. The van der Waals surface area contributed by atoms with Crippen molar-refractivity contribution in [2.45, 2.75) is 40.2 Å². The standard InChI is InChI=1S/C22H39N5.HI/c1-5-23-22(25(4)19-21-11-9-20(3)10-12-21)24-13-7-8-14-27-17-15-26(6-2)16-18-27;/h9-12H,5-8,13-19H2,1-4H3,(H,23,24);1H. The van der Waals surface area contributed by atoms with E-state index in [0.29, 0.717) is 0 Å². The first-order valence-electron chi connectivity index (χ1n) is 10.6. The van der Waals surface area contributed by atoms with Gasteiger partial charge in [0.1, 0.15) is 0 Å². The van der Waals surface area contributed by atoms with Crippen molar-refractivity contribution in [1.82, 2.24) is 20.0 Å². The third-order valence-electron chi connectivity index (χ3n) is 5.29. The third kappa shape index (κ3) is 9.09. The molecule has 1 heterocycles. The Balaban J connectivity index is 0.00000392. The molecule has 1 fully saturated rings. The van der Waals surface area contributed by atoms with E-state index in [4.69, 9.17) is 4.99 Å². The highest BCUT2D eigenvalue weighted by molar-refractivity contribution is 14.0. The zero-order chi connectivity index (χ0) is 19.5. The fourth-order valence-corrected chi connectivity index (χ4v) is 3.47. The number of rotatable bonds is 9. The Morgan fingerprint density at radius 1 is 1.04 bits per heavy atom. The molecule has 1 aromatic carbocycles. The van der Waals surface area contributed by atoms with E-state index in [1.165, 1.54) is 56.8 Å². The van der Waals surface area contributed by atoms with Crippen LogP contribution in [0.25, 0.3) is 0 Å². The maximum atomic E-state index is 4.84. The fraction of sp³-hybridized carbons (Fsp3) is 0.682. The summed E-state index contributed by atoms with van der Waals surface area (Å²) in [4.78, 5) is 12.2. The molecule has 2 rings (SSSR count). The molecule has 0 radical (unpaired) electrons. The van der Waals surface area contributed by atoms with Gasteiger partial charge in [0, 0.05) is 52.9 Å². The topological polar surface area (TPSA) is 34.1 Å². The number of guanidine groups is 1. The van der Waals surface area contributed by atoms with E-state index in [1.54, 1.807) is 0 Å². The predicted molar refractivity (Wildman–Crippen MR) is 132 cm³/mol. The second-order valence-corrected chi connectivity index (χ2v) is 7.56. The molecular formula is C22H40IN5. The molecule has 0 bridgehead atoms. The number of nitrogens with one attached hydrogen (secondary N) is 1. The van der Waals surface area contributed by atoms with E-state index in [0.717, 1.165) is 32.0 Å². The molecule has 1 aliphatic heterocycles. The molecule has 0 unspecified atom stereocenters. The number of aliphatic imine (C=N–C) groups is 1. The van der Waals surface area contributed by atoms with Gasteiger partial charge in [-0.2, -0.15) is 0 Å². The maximum absolute atomic E-state index is 4.84. The van der Waals surface area contributed by atoms with Crippen molar-refractivity contribution in [3.63, 3.8) is 0 Å². The van der Waals surface area contributed by atoms with Crippen LogP contribution < -0.4 is 5.32 Å². The van der Waals surface area contributed by atoms with Crippen molar-refractivity contribution in [1.29, 1.82) is 0 Å². The summed E-state index contributed by atoms with van der Waals surface area (Å²) < 4.78 is 0. The van der Waals surface area contributed by atoms with E-state index < -0.39 is 0 Å². The lowest BCUT2D eigenvalue weighted by atomic mass is 10.1. The normalized spacial score (nSPS) is 15.9. The predicted octanol–water partition coefficient (Wildman–Crippen LogP) is 3.43. The number of halogens is 1. The van der Waals surface area contributed by atoms with Gasteiger partial charge < -0.3 is 20.0 Å². The van der Waals surface area contributed by atoms with Crippen LogP contribution in [0.4, 0.5) is 0 Å². The molecule has 0 spiro atoms. The van der Waals surface area contributed by atoms with Gasteiger partial charge >= 0.3 is 0 Å². The van der Waals surface area contributed by atoms with Crippen molar-refractivity contribution in [3.8, 4) is 0 Å². The summed E-state index contributed by atoms with van der Waals surface area (Å²) in [6, 6.07) is 8.75. The summed E-state index contributed by atoms with van der Waals surface area (Å²) in [6.07, 6.45) is 2.39. The molecular weight excluding hydrogens is 461 g/mol. The Morgan fingerprint density at radius 2 is 1.68 bits per heavy atom. The molecule has 1 saturated heterocycles. The van der Waals surface area contributed by atoms with Gasteiger partial charge in [-0.3, -0.25) is 4.99 Å². The molecule has 5 nitrogen and oxygen atoms in total. The minimum Gasteiger partial charge on any atom is -0.357 e. The van der Waals surface area contributed by atoms with Crippen LogP contribution in [0, 0.1) is 6.92 Å². The molecule has 1 aromatic rings. The van der Waals surface area contributed by atoms with E-state index in [1.807, 2.05) is 0 Å². The second-order valence-electron chi connectivity index (χ2n) is 7.56. The van der Waals surface area contributed by atoms with Crippen LogP contribution in [0.2, 0.25) is 0 Å². The minimum atomic E-state index is 0. The van der Waals surface area contributed by atoms with Gasteiger partial charge in [-0.15, -0.1) is 24.0 Å². The number of hydrogen-bond acceptors (Lipinski definition) is 3. The summed E-state index contributed by atoms with van der Waals surface area (Å²) in [5, 5.41) is 3.43. The smallest absolute Gasteiger partial charge is 0.193 e. The van der Waals surface area contributed by atoms with Crippen molar-refractivity contribution < 1.29 is 0 Å². The van der Waals surface area contributed by atoms with E-state index >= 15 is 0 Å². The summed E-state index contributed by atoms with van der Waals surface area (Å²) in [7, 11) is 2.12. The van der Waals surface area contributed by atoms with Gasteiger partial charge in [0.15, 0.2) is 5.96 Å². The molecule has 6 heteroatoms. The van der Waals surface area contributed by atoms with Gasteiger partial charge in [-0.1, -0.05) is 36.8 Å². The number of piperazine rings is 1. The van der Waals surface area contributed by atoms with E-state index in [-0.39, 0.29) is 24.0 Å². The fourth-order valence-electron chi connectivity index (χ4n) is 3.47. The van der Waals surface area contributed by atoms with Crippen LogP contribution in [0.15, 0.2) is 29.3 Å². The Bertz CT molecular complexity index is 553. The van der Waals surface area contributed by atoms with E-state index in [2.05, 4.69) is 72.1 Å². The molecule has 0 amide bonds. The molecule has 0 atom stereocenters. The molecule has 160 valence electrons. The first-order chi connectivity index (χ1) is 13.1. The number of unbranched alkanes of at least 4 members (excludes halogenated alkanes) is 1. The minimum absolute atomic E-state index is 0. The first kappa shape index (κ1) is 25.2. The van der Waals surface area contributed by atoms with Gasteiger partial charge in [-0.25, -0.2) is 0 Å². The first-order valence-corrected chi connectivity index (χ1v) is 10.6. The van der Waals surface area contributed by atoms with Crippen LogP contribution in [-0.2, 0) is 6.54 Å². The highest BCUT2D eigenvalue weighted by Crippen LogP contribution is 2.07. The average Bonchev–Trinajstić information content (AvgIpc) is 2.69. The number of nitrogens with zero attached hydrogens (tertiary/aromatic N) is 4. The number of benzene rings is 1. The lowest BCUT2D eigenvalue weighted by Gasteiger charge is -2.33. The lowest BCUT2D eigenvalue weighted by Crippen LogP contribution is -2.46. The summed E-state index contributed by atoms with van der Waals surface area (Å²) in [5.41, 5.74) is 2.62. The average molecular weight is 502 g/mol. The summed E-state index contributed by atoms with van der Waals surface area (Å²) >= 11 is 0. The number of aryl methyl sites for hydroxylation is 1. The van der Waals surface area contributed by atoms with Crippen molar-refractivity contribution in [2.24, 2.45) is 4.99 Å². The van der Waals surface area contributed by atoms with Crippen LogP contribution >= 0.6 is 24.0 Å². The van der Waals surface area contributed by atoms with Crippen LogP contribution in [-0.4, -0.2) is 80.1 Å². The summed E-state index contributed by atoms with van der Waals surface area (Å²) in [6.45, 7) is 16.5. The molecule has 28 heavy (non-hydrogen) atoms. The zero-order valence-electron chi connectivity index (χ0n) is 18.3.